The number of benzene rings is 1. The molecule has 0 bridgehead atoms. The van der Waals surface area contributed by atoms with Crippen molar-refractivity contribution < 1.29 is 9.72 Å². The van der Waals surface area contributed by atoms with Crippen molar-refractivity contribution >= 4 is 23.1 Å². The summed E-state index contributed by atoms with van der Waals surface area (Å²) in [6, 6.07) is 10.9. The highest BCUT2D eigenvalue weighted by Crippen LogP contribution is 2.22. The first-order chi connectivity index (χ1) is 12.0. The Balaban J connectivity index is 1.81. The number of hydrogen-bond acceptors (Lipinski definition) is 6. The fourth-order valence-corrected chi connectivity index (χ4v) is 2.26. The molecule has 2 aromatic heterocycles. The van der Waals surface area contributed by atoms with Crippen LogP contribution in [0.1, 0.15) is 15.9 Å². The lowest BCUT2D eigenvalue weighted by molar-refractivity contribution is -0.385. The highest BCUT2D eigenvalue weighted by atomic mass is 16.6. The zero-order chi connectivity index (χ0) is 17.8. The highest BCUT2D eigenvalue weighted by molar-refractivity contribution is 5.98. The van der Waals surface area contributed by atoms with Crippen LogP contribution in [-0.2, 0) is 6.54 Å². The zero-order valence-corrected chi connectivity index (χ0v) is 13.0. The summed E-state index contributed by atoms with van der Waals surface area (Å²) in [6.07, 6.45) is 4.36. The molecule has 9 heteroatoms. The van der Waals surface area contributed by atoms with Gasteiger partial charge in [0.25, 0.3) is 11.6 Å². The Bertz CT molecular complexity index is 923. The van der Waals surface area contributed by atoms with E-state index >= 15 is 0 Å². The first-order valence-electron chi connectivity index (χ1n) is 7.30. The van der Waals surface area contributed by atoms with Gasteiger partial charge in [-0.3, -0.25) is 19.6 Å². The lowest BCUT2D eigenvalue weighted by Gasteiger charge is -2.06. The molecule has 3 N–H and O–H groups in total. The van der Waals surface area contributed by atoms with Crippen molar-refractivity contribution in [3.8, 4) is 0 Å². The van der Waals surface area contributed by atoms with Crippen LogP contribution in [0.3, 0.4) is 0 Å². The van der Waals surface area contributed by atoms with E-state index in [0.29, 0.717) is 12.2 Å². The number of amides is 1. The van der Waals surface area contributed by atoms with Crippen LogP contribution in [0.2, 0.25) is 0 Å². The Hall–Kier alpha value is -3.75. The van der Waals surface area contributed by atoms with E-state index in [1.54, 1.807) is 17.1 Å². The SMILES string of the molecule is NC(=O)c1cc([N+](=O)[O-])cnc1Nc1cnn(Cc2ccccc2)c1. The van der Waals surface area contributed by atoms with Crippen LogP contribution in [0.25, 0.3) is 0 Å². The van der Waals surface area contributed by atoms with Gasteiger partial charge in [0, 0.05) is 12.3 Å². The third kappa shape index (κ3) is 3.78. The molecule has 2 heterocycles. The summed E-state index contributed by atoms with van der Waals surface area (Å²) in [5.74, 6) is -0.673. The number of aromatic nitrogens is 3. The van der Waals surface area contributed by atoms with Gasteiger partial charge in [0.1, 0.15) is 12.0 Å². The topological polar surface area (TPSA) is 129 Å². The Morgan fingerprint density at radius 2 is 2.04 bits per heavy atom. The maximum absolute atomic E-state index is 11.5. The monoisotopic (exact) mass is 338 g/mol. The van der Waals surface area contributed by atoms with Crippen LogP contribution in [0.15, 0.2) is 55.0 Å². The number of hydrogen-bond donors (Lipinski definition) is 2. The van der Waals surface area contributed by atoms with E-state index in [-0.39, 0.29) is 17.1 Å². The summed E-state index contributed by atoms with van der Waals surface area (Å²) in [7, 11) is 0. The number of carbonyl (C=O) groups excluding carboxylic acids is 1. The van der Waals surface area contributed by atoms with Crippen LogP contribution in [-0.4, -0.2) is 25.6 Å². The number of nitrogens with two attached hydrogens (primary N) is 1. The largest absolute Gasteiger partial charge is 0.365 e. The first kappa shape index (κ1) is 16.1. The summed E-state index contributed by atoms with van der Waals surface area (Å²) in [4.78, 5) is 25.6. The molecule has 3 aromatic rings. The molecule has 126 valence electrons. The number of pyridine rings is 1. The summed E-state index contributed by atoms with van der Waals surface area (Å²) in [5, 5.41) is 17.9. The van der Waals surface area contributed by atoms with Crippen molar-refractivity contribution in [2.24, 2.45) is 5.73 Å². The molecular formula is C16H14N6O3. The van der Waals surface area contributed by atoms with Gasteiger partial charge in [-0.1, -0.05) is 30.3 Å². The van der Waals surface area contributed by atoms with Gasteiger partial charge in [-0.15, -0.1) is 0 Å². The number of rotatable bonds is 6. The molecule has 0 saturated carbocycles. The van der Waals surface area contributed by atoms with E-state index in [1.807, 2.05) is 30.3 Å². The molecule has 25 heavy (non-hydrogen) atoms. The Morgan fingerprint density at radius 1 is 1.28 bits per heavy atom. The van der Waals surface area contributed by atoms with E-state index in [2.05, 4.69) is 15.4 Å². The van der Waals surface area contributed by atoms with E-state index in [0.717, 1.165) is 17.8 Å². The van der Waals surface area contributed by atoms with Crippen molar-refractivity contribution in [1.82, 2.24) is 14.8 Å². The molecule has 0 spiro atoms. The van der Waals surface area contributed by atoms with Crippen molar-refractivity contribution in [2.75, 3.05) is 5.32 Å². The fourth-order valence-electron chi connectivity index (χ4n) is 2.26. The van der Waals surface area contributed by atoms with Gasteiger partial charge in [0.05, 0.1) is 28.9 Å². The quantitative estimate of drug-likeness (QED) is 0.523. The minimum absolute atomic E-state index is 0.0648. The second kappa shape index (κ2) is 6.79. The molecule has 0 radical (unpaired) electrons. The number of nitrogens with one attached hydrogen (secondary N) is 1. The van der Waals surface area contributed by atoms with Gasteiger partial charge in [-0.2, -0.15) is 5.10 Å². The molecule has 0 unspecified atom stereocenters. The van der Waals surface area contributed by atoms with Gasteiger partial charge in [0.15, 0.2) is 0 Å². The maximum Gasteiger partial charge on any atom is 0.288 e. The molecule has 0 fully saturated rings. The second-order valence-corrected chi connectivity index (χ2v) is 5.25. The summed E-state index contributed by atoms with van der Waals surface area (Å²) < 4.78 is 1.72. The predicted molar refractivity (Wildman–Crippen MR) is 90.5 cm³/mol. The fraction of sp³-hybridized carbons (Fsp3) is 0.0625. The highest BCUT2D eigenvalue weighted by Gasteiger charge is 2.16. The third-order valence-electron chi connectivity index (χ3n) is 3.43. The number of nitrogens with zero attached hydrogens (tertiary/aromatic N) is 4. The maximum atomic E-state index is 11.5. The van der Waals surface area contributed by atoms with Gasteiger partial charge in [-0.25, -0.2) is 4.98 Å². The minimum Gasteiger partial charge on any atom is -0.365 e. The average Bonchev–Trinajstić information content (AvgIpc) is 3.02. The summed E-state index contributed by atoms with van der Waals surface area (Å²) in [6.45, 7) is 0.582. The Labute approximate surface area is 142 Å². The average molecular weight is 338 g/mol. The first-order valence-corrected chi connectivity index (χ1v) is 7.30. The molecule has 1 amide bonds. The van der Waals surface area contributed by atoms with Gasteiger partial charge in [0.2, 0.25) is 0 Å². The van der Waals surface area contributed by atoms with E-state index in [4.69, 9.17) is 5.73 Å². The van der Waals surface area contributed by atoms with E-state index in [1.165, 1.54) is 0 Å². The zero-order valence-electron chi connectivity index (χ0n) is 13.0. The molecule has 9 nitrogen and oxygen atoms in total. The van der Waals surface area contributed by atoms with E-state index < -0.39 is 10.8 Å². The van der Waals surface area contributed by atoms with E-state index in [9.17, 15) is 14.9 Å². The Kier molecular flexibility index (Phi) is 4.38. The van der Waals surface area contributed by atoms with Crippen molar-refractivity contribution in [3.05, 3.63) is 76.2 Å². The predicted octanol–water partition coefficient (Wildman–Crippen LogP) is 2.08. The van der Waals surface area contributed by atoms with Gasteiger partial charge >= 0.3 is 0 Å². The lowest BCUT2D eigenvalue weighted by Crippen LogP contribution is -2.14. The van der Waals surface area contributed by atoms with Crippen LogP contribution in [0.5, 0.6) is 0 Å². The smallest absolute Gasteiger partial charge is 0.288 e. The van der Waals surface area contributed by atoms with Crippen LogP contribution in [0, 0.1) is 10.1 Å². The van der Waals surface area contributed by atoms with Crippen LogP contribution in [0.4, 0.5) is 17.2 Å². The third-order valence-corrected chi connectivity index (χ3v) is 3.43. The molecule has 0 aliphatic heterocycles. The summed E-state index contributed by atoms with van der Waals surface area (Å²) >= 11 is 0. The molecule has 3 rings (SSSR count). The minimum atomic E-state index is -0.810. The number of carbonyl (C=O) groups is 1. The van der Waals surface area contributed by atoms with Gasteiger partial charge < -0.3 is 11.1 Å². The standard InChI is InChI=1S/C16H14N6O3/c17-15(23)14-6-13(22(24)25)8-18-16(14)20-12-7-19-21(10-12)9-11-4-2-1-3-5-11/h1-8,10H,9H2,(H2,17,23)(H,18,20). The molecule has 0 aliphatic carbocycles. The van der Waals surface area contributed by atoms with Crippen molar-refractivity contribution in [1.29, 1.82) is 0 Å². The molecular weight excluding hydrogens is 324 g/mol. The molecule has 0 saturated heterocycles. The Morgan fingerprint density at radius 3 is 2.72 bits per heavy atom. The van der Waals surface area contributed by atoms with Crippen molar-refractivity contribution in [2.45, 2.75) is 6.54 Å². The number of nitro groups is 1. The number of primary amides is 1. The van der Waals surface area contributed by atoms with Crippen LogP contribution < -0.4 is 11.1 Å². The normalized spacial score (nSPS) is 10.4. The molecule has 0 aliphatic rings. The lowest BCUT2D eigenvalue weighted by atomic mass is 10.2. The second-order valence-electron chi connectivity index (χ2n) is 5.25. The molecule has 0 atom stereocenters. The summed E-state index contributed by atoms with van der Waals surface area (Å²) in [5.41, 5.74) is 6.58. The number of anilines is 2. The van der Waals surface area contributed by atoms with Crippen molar-refractivity contribution in [3.63, 3.8) is 0 Å². The van der Waals surface area contributed by atoms with Gasteiger partial charge in [-0.05, 0) is 5.56 Å². The molecule has 1 aromatic carbocycles. The van der Waals surface area contributed by atoms with Crippen LogP contribution >= 0.6 is 0 Å².